The summed E-state index contributed by atoms with van der Waals surface area (Å²) in [7, 11) is 0. The number of halogens is 4. The molecule has 0 aliphatic carbocycles. The zero-order valence-electron chi connectivity index (χ0n) is 7.92. The van der Waals surface area contributed by atoms with Crippen LogP contribution in [0, 0.1) is 0 Å². The van der Waals surface area contributed by atoms with Crippen molar-refractivity contribution in [1.82, 2.24) is 9.97 Å². The predicted octanol–water partition coefficient (Wildman–Crippen LogP) is 3.54. The summed E-state index contributed by atoms with van der Waals surface area (Å²) in [5, 5.41) is 1.24. The molecule has 6 heteroatoms. The van der Waals surface area contributed by atoms with E-state index >= 15 is 0 Å². The maximum atomic E-state index is 12.3. The van der Waals surface area contributed by atoms with Crippen LogP contribution in [-0.2, 0) is 11.5 Å². The van der Waals surface area contributed by atoms with Crippen LogP contribution in [0.25, 0.3) is 10.9 Å². The zero-order valence-corrected chi connectivity index (χ0v) is 9.51. The SMILES string of the molecule is FC(F)(F)c1ncc2cc(CBr)ccc2n1. The number of aromatic nitrogens is 2. The number of hydrogen-bond acceptors (Lipinski definition) is 2. The maximum absolute atomic E-state index is 12.3. The molecule has 0 fully saturated rings. The van der Waals surface area contributed by atoms with Crippen LogP contribution in [-0.4, -0.2) is 9.97 Å². The molecule has 1 aromatic carbocycles. The fraction of sp³-hybridized carbons (Fsp3) is 0.200. The molecule has 0 amide bonds. The minimum Gasteiger partial charge on any atom is -0.232 e. The van der Waals surface area contributed by atoms with Gasteiger partial charge in [-0.2, -0.15) is 13.2 Å². The van der Waals surface area contributed by atoms with E-state index in [2.05, 4.69) is 25.9 Å². The third-order valence-electron chi connectivity index (χ3n) is 2.05. The largest absolute Gasteiger partial charge is 0.451 e. The summed E-state index contributed by atoms with van der Waals surface area (Å²) in [6.45, 7) is 0. The molecule has 1 heterocycles. The van der Waals surface area contributed by atoms with E-state index in [1.807, 2.05) is 0 Å². The van der Waals surface area contributed by atoms with Crippen molar-refractivity contribution in [2.24, 2.45) is 0 Å². The summed E-state index contributed by atoms with van der Waals surface area (Å²) in [4.78, 5) is 6.77. The van der Waals surface area contributed by atoms with Gasteiger partial charge in [-0.25, -0.2) is 9.97 Å². The molecule has 0 saturated carbocycles. The van der Waals surface area contributed by atoms with Gasteiger partial charge in [0.2, 0.25) is 5.82 Å². The topological polar surface area (TPSA) is 25.8 Å². The van der Waals surface area contributed by atoms with Crippen molar-refractivity contribution >= 4 is 26.8 Å². The van der Waals surface area contributed by atoms with Crippen LogP contribution in [0.2, 0.25) is 0 Å². The average molecular weight is 291 g/mol. The van der Waals surface area contributed by atoms with Crippen molar-refractivity contribution in [3.8, 4) is 0 Å². The molecule has 0 spiro atoms. The van der Waals surface area contributed by atoms with E-state index in [4.69, 9.17) is 0 Å². The van der Waals surface area contributed by atoms with Crippen molar-refractivity contribution in [1.29, 1.82) is 0 Å². The van der Waals surface area contributed by atoms with Gasteiger partial charge in [0.15, 0.2) is 0 Å². The first-order valence-corrected chi connectivity index (χ1v) is 5.51. The quantitative estimate of drug-likeness (QED) is 0.751. The Balaban J connectivity index is 2.56. The molecule has 2 aromatic rings. The van der Waals surface area contributed by atoms with Crippen molar-refractivity contribution < 1.29 is 13.2 Å². The van der Waals surface area contributed by atoms with E-state index in [1.165, 1.54) is 6.20 Å². The molecule has 1 aromatic heterocycles. The molecular formula is C10H6BrF3N2. The molecule has 0 aliphatic rings. The van der Waals surface area contributed by atoms with Crippen molar-refractivity contribution in [2.75, 3.05) is 0 Å². The second kappa shape index (κ2) is 4.01. The maximum Gasteiger partial charge on any atom is 0.451 e. The van der Waals surface area contributed by atoms with Gasteiger partial charge in [0.05, 0.1) is 5.52 Å². The van der Waals surface area contributed by atoms with Gasteiger partial charge in [-0.1, -0.05) is 22.0 Å². The summed E-state index contributed by atoms with van der Waals surface area (Å²) in [5.74, 6) is -1.11. The van der Waals surface area contributed by atoms with Crippen LogP contribution in [0.15, 0.2) is 24.4 Å². The molecule has 0 radical (unpaired) electrons. The predicted molar refractivity (Wildman–Crippen MR) is 57.2 cm³/mol. The lowest BCUT2D eigenvalue weighted by Crippen LogP contribution is -2.10. The summed E-state index contributed by atoms with van der Waals surface area (Å²) in [6, 6.07) is 5.04. The third kappa shape index (κ3) is 2.16. The van der Waals surface area contributed by atoms with E-state index in [-0.39, 0.29) is 0 Å². The first kappa shape index (κ1) is 11.3. The highest BCUT2D eigenvalue weighted by atomic mass is 79.9. The number of nitrogens with zero attached hydrogens (tertiary/aromatic N) is 2. The Morgan fingerprint density at radius 3 is 2.62 bits per heavy atom. The number of benzene rings is 1. The van der Waals surface area contributed by atoms with Gasteiger partial charge in [-0.05, 0) is 17.7 Å². The van der Waals surface area contributed by atoms with Crippen LogP contribution >= 0.6 is 15.9 Å². The van der Waals surface area contributed by atoms with Crippen molar-refractivity contribution in [3.05, 3.63) is 35.8 Å². The van der Waals surface area contributed by atoms with Crippen LogP contribution in [0.5, 0.6) is 0 Å². The molecule has 0 unspecified atom stereocenters. The Labute approximate surface area is 97.6 Å². The van der Waals surface area contributed by atoms with Gasteiger partial charge in [-0.3, -0.25) is 0 Å². The highest BCUT2D eigenvalue weighted by Crippen LogP contribution is 2.27. The van der Waals surface area contributed by atoms with Crippen LogP contribution in [0.3, 0.4) is 0 Å². The summed E-state index contributed by atoms with van der Waals surface area (Å²) >= 11 is 3.27. The van der Waals surface area contributed by atoms with E-state index in [1.54, 1.807) is 18.2 Å². The van der Waals surface area contributed by atoms with E-state index in [0.717, 1.165) is 5.56 Å². The highest BCUT2D eigenvalue weighted by Gasteiger charge is 2.34. The van der Waals surface area contributed by atoms with Gasteiger partial charge < -0.3 is 0 Å². The molecule has 0 bridgehead atoms. The standard InChI is InChI=1S/C10H6BrF3N2/c11-4-6-1-2-8-7(3-6)5-15-9(16-8)10(12,13)14/h1-3,5H,4H2. The lowest BCUT2D eigenvalue weighted by molar-refractivity contribution is -0.144. The molecule has 2 rings (SSSR count). The second-order valence-corrected chi connectivity index (χ2v) is 3.78. The van der Waals surface area contributed by atoms with E-state index in [0.29, 0.717) is 16.2 Å². The van der Waals surface area contributed by atoms with Gasteiger partial charge >= 0.3 is 6.18 Å². The molecule has 0 aliphatic heterocycles. The normalized spacial score (nSPS) is 12.0. The number of alkyl halides is 4. The minimum absolute atomic E-state index is 0.298. The minimum atomic E-state index is -4.50. The Morgan fingerprint density at radius 2 is 2.00 bits per heavy atom. The molecule has 0 saturated heterocycles. The lowest BCUT2D eigenvalue weighted by atomic mass is 10.2. The molecule has 0 atom stereocenters. The highest BCUT2D eigenvalue weighted by molar-refractivity contribution is 9.08. The van der Waals surface area contributed by atoms with Crippen LogP contribution in [0.4, 0.5) is 13.2 Å². The first-order chi connectivity index (χ1) is 7.50. The summed E-state index contributed by atoms with van der Waals surface area (Å²) in [6.07, 6.45) is -3.31. The van der Waals surface area contributed by atoms with Crippen molar-refractivity contribution in [3.63, 3.8) is 0 Å². The number of rotatable bonds is 1. The Bertz CT molecular complexity index is 525. The van der Waals surface area contributed by atoms with Crippen LogP contribution in [0.1, 0.15) is 11.4 Å². The Kier molecular flexibility index (Phi) is 2.84. The summed E-state index contributed by atoms with van der Waals surface area (Å²) in [5.41, 5.74) is 1.27. The number of fused-ring (bicyclic) bond motifs is 1. The van der Waals surface area contributed by atoms with Crippen molar-refractivity contribution in [2.45, 2.75) is 11.5 Å². The smallest absolute Gasteiger partial charge is 0.232 e. The first-order valence-electron chi connectivity index (χ1n) is 4.39. The zero-order chi connectivity index (χ0) is 11.8. The number of hydrogen-bond donors (Lipinski definition) is 0. The second-order valence-electron chi connectivity index (χ2n) is 3.22. The van der Waals surface area contributed by atoms with Gasteiger partial charge in [-0.15, -0.1) is 0 Å². The fourth-order valence-corrected chi connectivity index (χ4v) is 1.65. The molecule has 0 N–H and O–H groups in total. The van der Waals surface area contributed by atoms with Gasteiger partial charge in [0, 0.05) is 16.9 Å². The Morgan fingerprint density at radius 1 is 1.25 bits per heavy atom. The molecule has 84 valence electrons. The van der Waals surface area contributed by atoms with E-state index in [9.17, 15) is 13.2 Å². The molecule has 16 heavy (non-hydrogen) atoms. The average Bonchev–Trinajstić information content (AvgIpc) is 2.26. The monoisotopic (exact) mass is 290 g/mol. The third-order valence-corrected chi connectivity index (χ3v) is 2.70. The fourth-order valence-electron chi connectivity index (χ4n) is 1.30. The van der Waals surface area contributed by atoms with E-state index < -0.39 is 12.0 Å². The Hall–Kier alpha value is -1.17. The van der Waals surface area contributed by atoms with Gasteiger partial charge in [0.25, 0.3) is 0 Å². The lowest BCUT2D eigenvalue weighted by Gasteiger charge is -2.05. The van der Waals surface area contributed by atoms with Crippen LogP contribution < -0.4 is 0 Å². The van der Waals surface area contributed by atoms with Gasteiger partial charge in [0.1, 0.15) is 0 Å². The molecular weight excluding hydrogens is 285 g/mol. The molecule has 2 nitrogen and oxygen atoms in total. The summed E-state index contributed by atoms with van der Waals surface area (Å²) < 4.78 is 37.0.